The topological polar surface area (TPSA) is 78.3 Å². The zero-order valence-corrected chi connectivity index (χ0v) is 15.4. The molecule has 4 rings (SSSR count). The van der Waals surface area contributed by atoms with Gasteiger partial charge in [-0.2, -0.15) is 10.1 Å². The van der Waals surface area contributed by atoms with Crippen LogP contribution in [0.4, 0.5) is 5.95 Å². The molecule has 0 saturated carbocycles. The summed E-state index contributed by atoms with van der Waals surface area (Å²) >= 11 is 0. The summed E-state index contributed by atoms with van der Waals surface area (Å²) in [6, 6.07) is 5.28. The number of ether oxygens (including phenoxy) is 2. The Bertz CT molecular complexity index is 916. The Labute approximate surface area is 152 Å². The van der Waals surface area contributed by atoms with Gasteiger partial charge < -0.3 is 14.8 Å². The number of allylic oxidation sites excluding steroid dienone is 2. The van der Waals surface area contributed by atoms with E-state index >= 15 is 0 Å². The predicted molar refractivity (Wildman–Crippen MR) is 96.5 cm³/mol. The van der Waals surface area contributed by atoms with Crippen LogP contribution in [0.25, 0.3) is 0 Å². The van der Waals surface area contributed by atoms with Crippen LogP contribution < -0.4 is 14.8 Å². The van der Waals surface area contributed by atoms with Crippen LogP contribution in [-0.2, 0) is 4.79 Å². The van der Waals surface area contributed by atoms with E-state index in [9.17, 15) is 4.79 Å². The van der Waals surface area contributed by atoms with Crippen molar-refractivity contribution in [1.82, 2.24) is 14.8 Å². The van der Waals surface area contributed by atoms with Gasteiger partial charge in [0.2, 0.25) is 5.95 Å². The first kappa shape index (κ1) is 16.6. The number of benzene rings is 1. The molecule has 0 fully saturated rings. The van der Waals surface area contributed by atoms with E-state index in [-0.39, 0.29) is 11.8 Å². The fourth-order valence-electron chi connectivity index (χ4n) is 3.85. The highest BCUT2D eigenvalue weighted by molar-refractivity contribution is 5.99. The summed E-state index contributed by atoms with van der Waals surface area (Å²) in [5, 5.41) is 7.86. The van der Waals surface area contributed by atoms with Crippen LogP contribution in [0, 0.1) is 12.8 Å². The molecule has 0 bridgehead atoms. The van der Waals surface area contributed by atoms with Crippen molar-refractivity contribution in [3.63, 3.8) is 0 Å². The lowest BCUT2D eigenvalue weighted by Gasteiger charge is -2.34. The molecular formula is C19H22N4O3. The Morgan fingerprint density at radius 2 is 2.04 bits per heavy atom. The molecule has 1 aliphatic heterocycles. The summed E-state index contributed by atoms with van der Waals surface area (Å²) in [4.78, 5) is 17.4. The van der Waals surface area contributed by atoms with Crippen molar-refractivity contribution in [2.45, 2.75) is 32.7 Å². The van der Waals surface area contributed by atoms with E-state index < -0.39 is 0 Å². The number of hydrogen-bond acceptors (Lipinski definition) is 6. The number of aromatic nitrogens is 3. The van der Waals surface area contributed by atoms with E-state index in [0.717, 1.165) is 23.3 Å². The number of carbonyl (C=O) groups is 1. The Balaban J connectivity index is 1.93. The SMILES string of the molecule is COc1ccc([C@H]2C3=C(C[C@@H](C)CC3=O)Nc3nc(C)nn32)c(OC)c1. The van der Waals surface area contributed by atoms with Crippen LogP contribution in [0.2, 0.25) is 0 Å². The van der Waals surface area contributed by atoms with Gasteiger partial charge in [-0.25, -0.2) is 4.68 Å². The van der Waals surface area contributed by atoms with Gasteiger partial charge in [0.25, 0.3) is 0 Å². The molecule has 0 saturated heterocycles. The van der Waals surface area contributed by atoms with Gasteiger partial charge in [-0.15, -0.1) is 0 Å². The van der Waals surface area contributed by atoms with Crippen LogP contribution in [0.1, 0.15) is 37.2 Å². The van der Waals surface area contributed by atoms with Crippen molar-refractivity contribution >= 4 is 11.7 Å². The summed E-state index contributed by atoms with van der Waals surface area (Å²) in [5.74, 6) is 3.13. The van der Waals surface area contributed by atoms with Gasteiger partial charge in [-0.05, 0) is 31.4 Å². The monoisotopic (exact) mass is 354 g/mol. The number of carbonyl (C=O) groups excluding carboxylic acids is 1. The van der Waals surface area contributed by atoms with Crippen molar-refractivity contribution in [3.8, 4) is 11.5 Å². The minimum atomic E-state index is -0.358. The van der Waals surface area contributed by atoms with E-state index in [4.69, 9.17) is 9.47 Å². The maximum absolute atomic E-state index is 12.9. The summed E-state index contributed by atoms with van der Waals surface area (Å²) in [6.07, 6.45) is 1.36. The zero-order valence-electron chi connectivity index (χ0n) is 15.4. The van der Waals surface area contributed by atoms with E-state index in [1.165, 1.54) is 0 Å². The second kappa shape index (κ2) is 6.16. The molecule has 0 unspecified atom stereocenters. The van der Waals surface area contributed by atoms with Gasteiger partial charge in [0.05, 0.1) is 14.2 Å². The lowest BCUT2D eigenvalue weighted by atomic mass is 9.81. The Morgan fingerprint density at radius 1 is 1.23 bits per heavy atom. The largest absolute Gasteiger partial charge is 0.497 e. The lowest BCUT2D eigenvalue weighted by molar-refractivity contribution is -0.117. The van der Waals surface area contributed by atoms with Crippen molar-refractivity contribution < 1.29 is 14.3 Å². The fourth-order valence-corrected chi connectivity index (χ4v) is 3.85. The zero-order chi connectivity index (χ0) is 18.4. The molecule has 2 aliphatic rings. The van der Waals surface area contributed by atoms with Crippen LogP contribution in [0.3, 0.4) is 0 Å². The molecule has 2 heterocycles. The van der Waals surface area contributed by atoms with E-state index in [0.29, 0.717) is 35.6 Å². The molecular weight excluding hydrogens is 332 g/mol. The van der Waals surface area contributed by atoms with Crippen LogP contribution in [-0.4, -0.2) is 34.8 Å². The van der Waals surface area contributed by atoms with Gasteiger partial charge >= 0.3 is 0 Å². The second-order valence-corrected chi connectivity index (χ2v) is 6.89. The molecule has 0 radical (unpaired) electrons. The number of nitrogens with one attached hydrogen (secondary N) is 1. The molecule has 7 heteroatoms. The Hall–Kier alpha value is -2.83. The fraction of sp³-hybridized carbons (Fsp3) is 0.421. The minimum Gasteiger partial charge on any atom is -0.497 e. The van der Waals surface area contributed by atoms with Crippen LogP contribution >= 0.6 is 0 Å². The number of ketones is 1. The highest BCUT2D eigenvalue weighted by Gasteiger charge is 2.39. The predicted octanol–water partition coefficient (Wildman–Crippen LogP) is 2.87. The summed E-state index contributed by atoms with van der Waals surface area (Å²) in [7, 11) is 3.23. The normalized spacial score (nSPS) is 21.8. The molecule has 1 N–H and O–H groups in total. The third kappa shape index (κ3) is 2.55. The van der Waals surface area contributed by atoms with Crippen LogP contribution in [0.15, 0.2) is 29.5 Å². The first-order chi connectivity index (χ1) is 12.5. The molecule has 1 aromatic heterocycles. The number of hydrogen-bond donors (Lipinski definition) is 1. The number of Topliss-reactive ketones (excluding diaryl/α,β-unsaturated/α-hetero) is 1. The smallest absolute Gasteiger partial charge is 0.226 e. The Morgan fingerprint density at radius 3 is 2.77 bits per heavy atom. The molecule has 7 nitrogen and oxygen atoms in total. The number of anilines is 1. The Kier molecular flexibility index (Phi) is 3.94. The molecule has 2 aromatic rings. The van der Waals surface area contributed by atoms with Crippen molar-refractivity contribution in [2.75, 3.05) is 19.5 Å². The highest BCUT2D eigenvalue weighted by Crippen LogP contribution is 2.44. The summed E-state index contributed by atoms with van der Waals surface area (Å²) in [6.45, 7) is 3.94. The number of fused-ring (bicyclic) bond motifs is 1. The third-order valence-electron chi connectivity index (χ3n) is 4.97. The summed E-state index contributed by atoms with van der Waals surface area (Å²) in [5.41, 5.74) is 2.57. The average Bonchev–Trinajstić information content (AvgIpc) is 2.98. The molecule has 1 aliphatic carbocycles. The van der Waals surface area contributed by atoms with Gasteiger partial charge in [-0.3, -0.25) is 4.79 Å². The van der Waals surface area contributed by atoms with Gasteiger partial charge in [0.15, 0.2) is 5.78 Å². The van der Waals surface area contributed by atoms with Gasteiger partial charge in [-0.1, -0.05) is 6.92 Å². The number of methoxy groups -OCH3 is 2. The highest BCUT2D eigenvalue weighted by atomic mass is 16.5. The molecule has 0 amide bonds. The number of nitrogens with zero attached hydrogens (tertiary/aromatic N) is 3. The molecule has 2 atom stereocenters. The third-order valence-corrected chi connectivity index (χ3v) is 4.97. The molecule has 136 valence electrons. The maximum atomic E-state index is 12.9. The molecule has 1 aromatic carbocycles. The summed E-state index contributed by atoms with van der Waals surface area (Å²) < 4.78 is 12.7. The lowest BCUT2D eigenvalue weighted by Crippen LogP contribution is -2.33. The quantitative estimate of drug-likeness (QED) is 0.913. The maximum Gasteiger partial charge on any atom is 0.226 e. The first-order valence-electron chi connectivity index (χ1n) is 8.70. The van der Waals surface area contributed by atoms with Gasteiger partial charge in [0, 0.05) is 29.3 Å². The average molecular weight is 354 g/mol. The second-order valence-electron chi connectivity index (χ2n) is 6.89. The van der Waals surface area contributed by atoms with Crippen molar-refractivity contribution in [1.29, 1.82) is 0 Å². The number of aryl methyl sites for hydroxylation is 1. The number of rotatable bonds is 3. The van der Waals surface area contributed by atoms with Crippen molar-refractivity contribution in [3.05, 3.63) is 40.9 Å². The van der Waals surface area contributed by atoms with E-state index in [1.807, 2.05) is 25.1 Å². The molecule has 26 heavy (non-hydrogen) atoms. The first-order valence-corrected chi connectivity index (χ1v) is 8.70. The van der Waals surface area contributed by atoms with E-state index in [2.05, 4.69) is 22.3 Å². The minimum absolute atomic E-state index is 0.146. The molecule has 0 spiro atoms. The van der Waals surface area contributed by atoms with E-state index in [1.54, 1.807) is 18.9 Å². The standard InChI is InChI=1S/C19H22N4O3/c1-10-7-14-17(15(24)8-10)18(23-19(21-14)20-11(2)22-23)13-6-5-12(25-3)9-16(13)26-4/h5-6,9-10,18H,7-8H2,1-4H3,(H,20,21,22)/t10-,18+/m1/s1. The van der Waals surface area contributed by atoms with Crippen molar-refractivity contribution in [2.24, 2.45) is 5.92 Å². The van der Waals surface area contributed by atoms with Gasteiger partial charge in [0.1, 0.15) is 23.4 Å². The van der Waals surface area contributed by atoms with Crippen LogP contribution in [0.5, 0.6) is 11.5 Å².